The number of fused-ring (bicyclic) bond motifs is 1. The van der Waals surface area contributed by atoms with Crippen molar-refractivity contribution in [3.05, 3.63) is 28.2 Å². The van der Waals surface area contributed by atoms with E-state index in [2.05, 4.69) is 21.2 Å². The van der Waals surface area contributed by atoms with Crippen LogP contribution in [-0.2, 0) is 9.59 Å². The first-order valence-corrected chi connectivity index (χ1v) is 7.31. The molecule has 1 aliphatic heterocycles. The van der Waals surface area contributed by atoms with Gasteiger partial charge in [-0.25, -0.2) is 0 Å². The average molecular weight is 337 g/mol. The highest BCUT2D eigenvalue weighted by Crippen LogP contribution is 2.34. The first-order valence-electron chi connectivity index (χ1n) is 6.52. The minimum absolute atomic E-state index is 0.0730. The molecule has 0 radical (unpaired) electrons. The molecule has 1 saturated carbocycles. The number of hydrogen-bond donors (Lipinski definition) is 1. The van der Waals surface area contributed by atoms with Gasteiger partial charge < -0.3 is 10.2 Å². The van der Waals surface area contributed by atoms with Crippen molar-refractivity contribution in [3.8, 4) is 0 Å². The van der Waals surface area contributed by atoms with Crippen molar-refractivity contribution in [2.75, 3.05) is 11.4 Å². The summed E-state index contributed by atoms with van der Waals surface area (Å²) in [4.78, 5) is 37.0. The van der Waals surface area contributed by atoms with Crippen LogP contribution in [0.5, 0.6) is 0 Å². The third-order valence-corrected chi connectivity index (χ3v) is 4.11. The third kappa shape index (κ3) is 2.35. The lowest BCUT2D eigenvalue weighted by molar-refractivity contribution is -0.121. The quantitative estimate of drug-likeness (QED) is 0.850. The van der Waals surface area contributed by atoms with Crippen LogP contribution in [0.3, 0.4) is 0 Å². The van der Waals surface area contributed by atoms with E-state index < -0.39 is 11.7 Å². The van der Waals surface area contributed by atoms with E-state index in [0.717, 1.165) is 12.8 Å². The monoisotopic (exact) mass is 336 g/mol. The molecule has 0 spiro atoms. The molecule has 1 aromatic carbocycles. The zero-order valence-corrected chi connectivity index (χ0v) is 12.3. The molecule has 3 rings (SSSR count). The predicted molar refractivity (Wildman–Crippen MR) is 76.6 cm³/mol. The van der Waals surface area contributed by atoms with E-state index in [1.807, 2.05) is 0 Å². The van der Waals surface area contributed by atoms with Crippen molar-refractivity contribution in [2.45, 2.75) is 25.3 Å². The van der Waals surface area contributed by atoms with Gasteiger partial charge in [0.1, 0.15) is 0 Å². The van der Waals surface area contributed by atoms with Gasteiger partial charge in [-0.3, -0.25) is 14.4 Å². The number of halogens is 1. The molecular formula is C14H13BrN2O3. The van der Waals surface area contributed by atoms with Crippen molar-refractivity contribution < 1.29 is 14.4 Å². The van der Waals surface area contributed by atoms with E-state index in [9.17, 15) is 14.4 Å². The summed E-state index contributed by atoms with van der Waals surface area (Å²) in [6, 6.07) is 5.53. The van der Waals surface area contributed by atoms with Gasteiger partial charge in [0.15, 0.2) is 0 Å². The van der Waals surface area contributed by atoms with Gasteiger partial charge in [-0.15, -0.1) is 0 Å². The van der Waals surface area contributed by atoms with Crippen LogP contribution in [0.2, 0.25) is 0 Å². The Morgan fingerprint density at radius 3 is 2.80 bits per heavy atom. The molecule has 1 fully saturated rings. The van der Waals surface area contributed by atoms with Crippen molar-refractivity contribution in [1.29, 1.82) is 0 Å². The minimum atomic E-state index is -0.564. The summed E-state index contributed by atoms with van der Waals surface area (Å²) in [5, 5.41) is 2.87. The maximum Gasteiger partial charge on any atom is 0.299 e. The Labute approximate surface area is 124 Å². The van der Waals surface area contributed by atoms with E-state index in [1.54, 1.807) is 18.2 Å². The largest absolute Gasteiger partial charge is 0.353 e. The number of anilines is 1. The summed E-state index contributed by atoms with van der Waals surface area (Å²) in [6.45, 7) is 0.229. The molecule has 2 aliphatic rings. The van der Waals surface area contributed by atoms with E-state index >= 15 is 0 Å². The summed E-state index contributed by atoms with van der Waals surface area (Å²) >= 11 is 3.28. The SMILES string of the molecule is O=C(CCN1C(=O)C(=O)c2c(Br)cccc21)NC1CC1. The molecule has 1 aliphatic carbocycles. The van der Waals surface area contributed by atoms with Crippen molar-refractivity contribution in [1.82, 2.24) is 5.32 Å². The standard InChI is InChI=1S/C14H13BrN2O3/c15-9-2-1-3-10-12(9)13(19)14(20)17(10)7-6-11(18)16-8-4-5-8/h1-3,8H,4-7H2,(H,16,18). The van der Waals surface area contributed by atoms with E-state index in [-0.39, 0.29) is 18.9 Å². The third-order valence-electron chi connectivity index (χ3n) is 3.45. The lowest BCUT2D eigenvalue weighted by Gasteiger charge is -2.16. The fourth-order valence-corrected chi connectivity index (χ4v) is 2.80. The van der Waals surface area contributed by atoms with Gasteiger partial charge >= 0.3 is 0 Å². The number of carbonyl (C=O) groups is 3. The number of nitrogens with one attached hydrogen (secondary N) is 1. The predicted octanol–water partition coefficient (Wildman–Crippen LogP) is 1.65. The van der Waals surface area contributed by atoms with Gasteiger partial charge in [0.25, 0.3) is 11.7 Å². The van der Waals surface area contributed by atoms with Crippen LogP contribution in [-0.4, -0.2) is 30.2 Å². The van der Waals surface area contributed by atoms with Crippen LogP contribution in [0.25, 0.3) is 0 Å². The Balaban J connectivity index is 1.74. The maximum absolute atomic E-state index is 12.0. The van der Waals surface area contributed by atoms with E-state index in [0.29, 0.717) is 21.8 Å². The molecule has 20 heavy (non-hydrogen) atoms. The van der Waals surface area contributed by atoms with Crippen LogP contribution in [0.4, 0.5) is 5.69 Å². The van der Waals surface area contributed by atoms with Crippen LogP contribution in [0, 0.1) is 0 Å². The molecule has 1 N–H and O–H groups in total. The highest BCUT2D eigenvalue weighted by molar-refractivity contribution is 9.10. The Hall–Kier alpha value is -1.69. The molecule has 2 amide bonds. The van der Waals surface area contributed by atoms with E-state index in [1.165, 1.54) is 4.90 Å². The van der Waals surface area contributed by atoms with Crippen LogP contribution < -0.4 is 10.2 Å². The second kappa shape index (κ2) is 5.01. The van der Waals surface area contributed by atoms with Gasteiger partial charge in [0.2, 0.25) is 5.91 Å². The topological polar surface area (TPSA) is 66.5 Å². The smallest absolute Gasteiger partial charge is 0.299 e. The zero-order valence-electron chi connectivity index (χ0n) is 10.7. The van der Waals surface area contributed by atoms with Gasteiger partial charge in [-0.1, -0.05) is 6.07 Å². The number of Topliss-reactive ketones (excluding diaryl/α,β-unsaturated/α-hetero) is 1. The maximum atomic E-state index is 12.0. The summed E-state index contributed by atoms with van der Waals surface area (Å²) in [5.74, 6) is -1.16. The highest BCUT2D eigenvalue weighted by Gasteiger charge is 2.37. The Bertz CT molecular complexity index is 610. The Kier molecular flexibility index (Phi) is 3.33. The summed E-state index contributed by atoms with van der Waals surface area (Å²) in [6.07, 6.45) is 2.27. The molecule has 0 atom stereocenters. The molecular weight excluding hydrogens is 324 g/mol. The van der Waals surface area contributed by atoms with Crippen LogP contribution >= 0.6 is 15.9 Å². The number of rotatable bonds is 4. The first-order chi connectivity index (χ1) is 9.58. The average Bonchev–Trinajstić information content (AvgIpc) is 3.18. The second-order valence-corrected chi connectivity index (χ2v) is 5.87. The summed E-state index contributed by atoms with van der Waals surface area (Å²) in [7, 11) is 0. The first kappa shape index (κ1) is 13.3. The van der Waals surface area contributed by atoms with Crippen molar-refractivity contribution >= 4 is 39.2 Å². The second-order valence-electron chi connectivity index (χ2n) is 5.01. The molecule has 1 aromatic rings. The summed E-state index contributed by atoms with van der Waals surface area (Å²) in [5.41, 5.74) is 0.966. The molecule has 0 bridgehead atoms. The fourth-order valence-electron chi connectivity index (χ4n) is 2.26. The number of nitrogens with zero attached hydrogens (tertiary/aromatic N) is 1. The van der Waals surface area contributed by atoms with Crippen molar-refractivity contribution in [3.63, 3.8) is 0 Å². The minimum Gasteiger partial charge on any atom is -0.353 e. The van der Waals surface area contributed by atoms with Gasteiger partial charge in [0.05, 0.1) is 11.3 Å². The van der Waals surface area contributed by atoms with Gasteiger partial charge in [-0.2, -0.15) is 0 Å². The number of amides is 2. The van der Waals surface area contributed by atoms with E-state index in [4.69, 9.17) is 0 Å². The molecule has 104 valence electrons. The zero-order chi connectivity index (χ0) is 14.3. The normalized spacial score (nSPS) is 17.4. The number of carbonyl (C=O) groups excluding carboxylic acids is 3. The molecule has 0 unspecified atom stereocenters. The van der Waals surface area contributed by atoms with Crippen LogP contribution in [0.1, 0.15) is 29.6 Å². The number of hydrogen-bond acceptors (Lipinski definition) is 3. The number of benzene rings is 1. The molecule has 1 heterocycles. The number of ketones is 1. The molecule has 0 aromatic heterocycles. The molecule has 0 saturated heterocycles. The highest BCUT2D eigenvalue weighted by atomic mass is 79.9. The Morgan fingerprint density at radius 2 is 2.10 bits per heavy atom. The molecule has 6 heteroatoms. The van der Waals surface area contributed by atoms with Gasteiger partial charge in [-0.05, 0) is 40.9 Å². The van der Waals surface area contributed by atoms with Crippen LogP contribution in [0.15, 0.2) is 22.7 Å². The Morgan fingerprint density at radius 1 is 1.35 bits per heavy atom. The fraction of sp³-hybridized carbons (Fsp3) is 0.357. The summed E-state index contributed by atoms with van der Waals surface area (Å²) < 4.78 is 0.610. The lowest BCUT2D eigenvalue weighted by atomic mass is 10.1. The molecule has 5 nitrogen and oxygen atoms in total. The lowest BCUT2D eigenvalue weighted by Crippen LogP contribution is -2.35. The van der Waals surface area contributed by atoms with Gasteiger partial charge in [0, 0.05) is 23.5 Å². The van der Waals surface area contributed by atoms with Crippen molar-refractivity contribution in [2.24, 2.45) is 0 Å².